The van der Waals surface area contributed by atoms with Crippen LogP contribution in [0.25, 0.3) is 0 Å². The van der Waals surface area contributed by atoms with E-state index in [1.807, 2.05) is 0 Å². The molecule has 0 heteroatoms. The van der Waals surface area contributed by atoms with Crippen LogP contribution < -0.4 is 0 Å². The van der Waals surface area contributed by atoms with E-state index in [1.165, 1.54) is 19.3 Å². The van der Waals surface area contributed by atoms with Gasteiger partial charge in [-0.05, 0) is 30.6 Å². The van der Waals surface area contributed by atoms with Gasteiger partial charge in [0.05, 0.1) is 0 Å². The van der Waals surface area contributed by atoms with Crippen LogP contribution in [0.1, 0.15) is 19.3 Å². The zero-order valence-corrected chi connectivity index (χ0v) is 4.28. The first-order chi connectivity index (χ1) is 3.41. The molecule has 0 radical (unpaired) electrons. The molecule has 4 aliphatic rings. The molecule has 2 unspecified atom stereocenters. The van der Waals surface area contributed by atoms with E-state index >= 15 is 0 Å². The fourth-order valence-electron chi connectivity index (χ4n) is 2.33. The molecule has 0 N–H and O–H groups in total. The Morgan fingerprint density at radius 2 is 2.71 bits per heavy atom. The fraction of sp³-hybridized carbons (Fsp3) is 0.714. The Labute approximate surface area is 43.2 Å². The molecular weight excluding hydrogens is 84.1 g/mol. The summed E-state index contributed by atoms with van der Waals surface area (Å²) in [4.78, 5) is 0. The average Bonchev–Trinajstić information content (AvgIpc) is 2.04. The first kappa shape index (κ1) is 2.91. The van der Waals surface area contributed by atoms with Gasteiger partial charge in [-0.3, -0.25) is 0 Å². The smallest absolute Gasteiger partial charge is 0.00407 e. The van der Waals surface area contributed by atoms with E-state index in [9.17, 15) is 0 Å². The summed E-state index contributed by atoms with van der Waals surface area (Å²) >= 11 is 0. The fourth-order valence-corrected chi connectivity index (χ4v) is 2.33. The van der Waals surface area contributed by atoms with Crippen LogP contribution >= 0.6 is 0 Å². The first-order valence-electron chi connectivity index (χ1n) is 3.12. The third-order valence-corrected chi connectivity index (χ3v) is 2.92. The third kappa shape index (κ3) is 0.142. The summed E-state index contributed by atoms with van der Waals surface area (Å²) in [6, 6.07) is 0. The van der Waals surface area contributed by atoms with Crippen molar-refractivity contribution in [1.29, 1.82) is 0 Å². The highest BCUT2D eigenvalue weighted by atomic mass is 14.7. The average molecular weight is 92.1 g/mol. The molecule has 7 heavy (non-hydrogen) atoms. The molecule has 0 aromatic heterocycles. The Balaban J connectivity index is 2.31. The highest BCUT2D eigenvalue weighted by Crippen LogP contribution is 2.75. The van der Waals surface area contributed by atoms with Gasteiger partial charge in [-0.25, -0.2) is 0 Å². The van der Waals surface area contributed by atoms with Gasteiger partial charge in [0.25, 0.3) is 0 Å². The van der Waals surface area contributed by atoms with Crippen molar-refractivity contribution < 1.29 is 0 Å². The largest absolute Gasteiger partial charge is 0.0782 e. The van der Waals surface area contributed by atoms with Crippen LogP contribution in [0.5, 0.6) is 0 Å². The lowest BCUT2D eigenvalue weighted by Crippen LogP contribution is -1.98. The molecule has 0 saturated heterocycles. The molecule has 0 amide bonds. The van der Waals surface area contributed by atoms with E-state index in [0.717, 1.165) is 11.3 Å². The predicted molar refractivity (Wildman–Crippen MR) is 27.9 cm³/mol. The van der Waals surface area contributed by atoms with E-state index in [-0.39, 0.29) is 0 Å². The van der Waals surface area contributed by atoms with Gasteiger partial charge in [0, 0.05) is 0 Å². The normalized spacial score (nSPS) is 60.6. The molecule has 2 bridgehead atoms. The van der Waals surface area contributed by atoms with E-state index in [0.29, 0.717) is 0 Å². The number of hydrogen-bond donors (Lipinski definition) is 0. The van der Waals surface area contributed by atoms with Crippen LogP contribution in [0.15, 0.2) is 11.6 Å². The van der Waals surface area contributed by atoms with Crippen molar-refractivity contribution in [2.24, 2.45) is 11.3 Å². The lowest BCUT2D eigenvalue weighted by atomic mass is 9.97. The lowest BCUT2D eigenvalue weighted by molar-refractivity contribution is 0.614. The molecule has 0 nitrogen and oxygen atoms in total. The summed E-state index contributed by atoms with van der Waals surface area (Å²) in [5.41, 5.74) is 2.63. The van der Waals surface area contributed by atoms with Crippen molar-refractivity contribution in [3.63, 3.8) is 0 Å². The Bertz CT molecular complexity index is 167. The second-order valence-electron chi connectivity index (χ2n) is 3.21. The minimum absolute atomic E-state index is 0.843. The molecular formula is C7H8. The van der Waals surface area contributed by atoms with Crippen molar-refractivity contribution in [2.45, 2.75) is 19.3 Å². The van der Waals surface area contributed by atoms with Gasteiger partial charge in [-0.2, -0.15) is 0 Å². The molecule has 2 saturated carbocycles. The van der Waals surface area contributed by atoms with Gasteiger partial charge >= 0.3 is 0 Å². The lowest BCUT2D eigenvalue weighted by Gasteiger charge is -2.08. The minimum Gasteiger partial charge on any atom is -0.0782 e. The van der Waals surface area contributed by atoms with Crippen LogP contribution in [-0.2, 0) is 0 Å². The Kier molecular flexibility index (Phi) is 0.216. The quantitative estimate of drug-likeness (QED) is 0.399. The van der Waals surface area contributed by atoms with E-state index in [4.69, 9.17) is 0 Å². The van der Waals surface area contributed by atoms with Crippen LogP contribution in [0, 0.1) is 11.3 Å². The Morgan fingerprint density at radius 1 is 1.71 bits per heavy atom. The third-order valence-electron chi connectivity index (χ3n) is 2.92. The molecule has 0 aromatic rings. The summed E-state index contributed by atoms with van der Waals surface area (Å²) in [5, 5.41) is 0. The first-order valence-corrected chi connectivity index (χ1v) is 3.12. The topological polar surface area (TPSA) is 0 Å². The van der Waals surface area contributed by atoms with Gasteiger partial charge in [-0.1, -0.05) is 11.6 Å². The zero-order valence-electron chi connectivity index (χ0n) is 4.28. The Hall–Kier alpha value is -0.260. The minimum atomic E-state index is 0.843. The van der Waals surface area contributed by atoms with Crippen molar-refractivity contribution >= 4 is 0 Å². The monoisotopic (exact) mass is 92.1 g/mol. The molecule has 4 aliphatic carbocycles. The van der Waals surface area contributed by atoms with Crippen molar-refractivity contribution in [3.05, 3.63) is 11.6 Å². The second kappa shape index (κ2) is 0.521. The maximum atomic E-state index is 2.51. The summed E-state index contributed by atoms with van der Waals surface area (Å²) in [6.07, 6.45) is 7.00. The van der Waals surface area contributed by atoms with Gasteiger partial charge < -0.3 is 0 Å². The van der Waals surface area contributed by atoms with E-state index in [2.05, 4.69) is 6.08 Å². The number of fused-ring (bicyclic) bond motifs is 1. The number of rotatable bonds is 0. The van der Waals surface area contributed by atoms with Crippen molar-refractivity contribution in [1.82, 2.24) is 0 Å². The molecule has 0 aromatic carbocycles. The maximum Gasteiger partial charge on any atom is -0.00407 e. The highest BCUT2D eigenvalue weighted by molar-refractivity contribution is 5.45. The van der Waals surface area contributed by atoms with Gasteiger partial charge in [0.2, 0.25) is 0 Å². The molecule has 2 atom stereocenters. The van der Waals surface area contributed by atoms with Crippen molar-refractivity contribution in [3.8, 4) is 0 Å². The van der Waals surface area contributed by atoms with Crippen LogP contribution in [0.4, 0.5) is 0 Å². The van der Waals surface area contributed by atoms with Gasteiger partial charge in [-0.15, -0.1) is 0 Å². The second-order valence-corrected chi connectivity index (χ2v) is 3.21. The zero-order chi connectivity index (χ0) is 4.48. The molecule has 0 heterocycles. The summed E-state index contributed by atoms with van der Waals surface area (Å²) in [6.45, 7) is 0. The SMILES string of the molecule is C1=C2CCC13CC23. The number of hydrogen-bond acceptors (Lipinski definition) is 0. The Morgan fingerprint density at radius 3 is 2.86 bits per heavy atom. The molecule has 1 spiro atoms. The standard InChI is InChI=1S/C7H8/c1-2-7-3-5(1)6(7)4-7/h3,6H,1-2,4H2. The predicted octanol–water partition coefficient (Wildman–Crippen LogP) is 1.73. The van der Waals surface area contributed by atoms with Gasteiger partial charge in [0.15, 0.2) is 0 Å². The summed E-state index contributed by atoms with van der Waals surface area (Å²) in [7, 11) is 0. The summed E-state index contributed by atoms with van der Waals surface area (Å²) < 4.78 is 0. The van der Waals surface area contributed by atoms with Crippen LogP contribution in [0.2, 0.25) is 0 Å². The van der Waals surface area contributed by atoms with Crippen molar-refractivity contribution in [2.75, 3.05) is 0 Å². The van der Waals surface area contributed by atoms with Gasteiger partial charge in [0.1, 0.15) is 0 Å². The molecule has 36 valence electrons. The summed E-state index contributed by atoms with van der Waals surface area (Å²) in [5.74, 6) is 1.12. The van der Waals surface area contributed by atoms with Crippen LogP contribution in [-0.4, -0.2) is 0 Å². The van der Waals surface area contributed by atoms with E-state index < -0.39 is 0 Å². The molecule has 4 rings (SSSR count). The van der Waals surface area contributed by atoms with E-state index in [1.54, 1.807) is 5.57 Å². The maximum absolute atomic E-state index is 2.51. The van der Waals surface area contributed by atoms with Crippen LogP contribution in [0.3, 0.4) is 0 Å². The highest BCUT2D eigenvalue weighted by Gasteiger charge is 2.64. The number of allylic oxidation sites excluding steroid dienone is 2. The molecule has 2 fully saturated rings. The molecule has 0 aliphatic heterocycles.